The predicted octanol–water partition coefficient (Wildman–Crippen LogP) is 1.17. The molecule has 7 heteroatoms. The van der Waals surface area contributed by atoms with E-state index in [1.54, 1.807) is 30.5 Å². The number of benzene rings is 1. The van der Waals surface area contributed by atoms with Crippen LogP contribution in [-0.4, -0.2) is 62.7 Å². The van der Waals surface area contributed by atoms with Gasteiger partial charge >= 0.3 is 0 Å². The lowest BCUT2D eigenvalue weighted by molar-refractivity contribution is 0.258. The third kappa shape index (κ3) is 2.56. The number of nitrogens with zero attached hydrogens (tertiary/aromatic N) is 3. The summed E-state index contributed by atoms with van der Waals surface area (Å²) in [5.41, 5.74) is 0.930. The molecule has 2 saturated heterocycles. The molecule has 3 rings (SSSR count). The maximum atomic E-state index is 13.5. The normalized spacial score (nSPS) is 30.1. The lowest BCUT2D eigenvalue weighted by Crippen LogP contribution is -2.40. The molecular weight excluding hydrogens is 305 g/mol. The van der Waals surface area contributed by atoms with Gasteiger partial charge in [0.25, 0.3) is 10.2 Å². The molecule has 1 aromatic rings. The van der Waals surface area contributed by atoms with Crippen LogP contribution in [0.5, 0.6) is 0 Å². The number of halogens is 1. The molecule has 5 nitrogen and oxygen atoms in total. The van der Waals surface area contributed by atoms with Gasteiger partial charge in [-0.25, -0.2) is 4.39 Å². The van der Waals surface area contributed by atoms with Crippen molar-refractivity contribution in [1.82, 2.24) is 13.5 Å². The van der Waals surface area contributed by atoms with Crippen molar-refractivity contribution in [3.8, 4) is 0 Å². The molecule has 0 aliphatic carbocycles. The quantitative estimate of drug-likeness (QED) is 0.837. The van der Waals surface area contributed by atoms with Crippen molar-refractivity contribution in [2.45, 2.75) is 6.04 Å². The smallest absolute Gasteiger partial charge is 0.281 e. The van der Waals surface area contributed by atoms with Crippen LogP contribution < -0.4 is 0 Å². The molecule has 0 amide bonds. The first kappa shape index (κ1) is 15.9. The molecule has 2 aliphatic rings. The highest BCUT2D eigenvalue weighted by Crippen LogP contribution is 2.44. The molecule has 0 saturated carbocycles. The predicted molar refractivity (Wildman–Crippen MR) is 82.9 cm³/mol. The van der Waals surface area contributed by atoms with Gasteiger partial charge in [-0.3, -0.25) is 4.90 Å². The van der Waals surface area contributed by atoms with Crippen molar-refractivity contribution < 1.29 is 12.8 Å². The Morgan fingerprint density at radius 2 is 1.95 bits per heavy atom. The van der Waals surface area contributed by atoms with Gasteiger partial charge in [0.15, 0.2) is 0 Å². The highest BCUT2D eigenvalue weighted by Gasteiger charge is 2.49. The summed E-state index contributed by atoms with van der Waals surface area (Å²) < 4.78 is 41.0. The summed E-state index contributed by atoms with van der Waals surface area (Å²) in [5, 5.41) is 0. The van der Waals surface area contributed by atoms with Gasteiger partial charge in [0.05, 0.1) is 0 Å². The molecular formula is C15H22FN3O2S. The zero-order chi connectivity index (χ0) is 16.1. The van der Waals surface area contributed by atoms with Crippen molar-refractivity contribution in [1.29, 1.82) is 0 Å². The van der Waals surface area contributed by atoms with Gasteiger partial charge in [-0.05, 0) is 36.6 Å². The molecule has 0 bridgehead atoms. The van der Waals surface area contributed by atoms with Gasteiger partial charge in [-0.1, -0.05) is 12.1 Å². The topological polar surface area (TPSA) is 43.9 Å². The van der Waals surface area contributed by atoms with Crippen LogP contribution in [0.4, 0.5) is 4.39 Å². The Balaban J connectivity index is 1.86. The van der Waals surface area contributed by atoms with Crippen molar-refractivity contribution in [3.63, 3.8) is 0 Å². The fourth-order valence-electron chi connectivity index (χ4n) is 3.83. The van der Waals surface area contributed by atoms with E-state index in [0.29, 0.717) is 19.0 Å². The summed E-state index contributed by atoms with van der Waals surface area (Å²) in [6.45, 7) is 1.88. The molecule has 1 aromatic carbocycles. The van der Waals surface area contributed by atoms with Crippen LogP contribution in [0.1, 0.15) is 11.6 Å². The summed E-state index contributed by atoms with van der Waals surface area (Å²) in [5.74, 6) is 0.264. The first-order valence-corrected chi connectivity index (χ1v) is 8.83. The van der Waals surface area contributed by atoms with Crippen molar-refractivity contribution >= 4 is 10.2 Å². The minimum absolute atomic E-state index is 0.0723. The van der Waals surface area contributed by atoms with Crippen molar-refractivity contribution in [2.75, 3.05) is 40.8 Å². The third-order valence-corrected chi connectivity index (χ3v) is 6.71. The fourth-order valence-corrected chi connectivity index (χ4v) is 5.03. The maximum absolute atomic E-state index is 13.5. The van der Waals surface area contributed by atoms with Crippen LogP contribution in [0.15, 0.2) is 24.3 Å². The molecule has 3 atom stereocenters. The van der Waals surface area contributed by atoms with E-state index >= 15 is 0 Å². The van der Waals surface area contributed by atoms with Crippen LogP contribution >= 0.6 is 0 Å². The molecule has 0 unspecified atom stereocenters. The van der Waals surface area contributed by atoms with E-state index in [9.17, 15) is 12.8 Å². The SMILES string of the molecule is CN1C[C@H]2CN(S(=O)(=O)N(C)C)C[C@H]2[C@@H]1c1cccc(F)c1. The van der Waals surface area contributed by atoms with Crippen LogP contribution in [0.2, 0.25) is 0 Å². The Bertz CT molecular complexity index is 665. The highest BCUT2D eigenvalue weighted by atomic mass is 32.2. The second-order valence-corrected chi connectivity index (χ2v) is 8.61. The molecule has 0 aromatic heterocycles. The number of fused-ring (bicyclic) bond motifs is 1. The van der Waals surface area contributed by atoms with E-state index in [-0.39, 0.29) is 17.8 Å². The van der Waals surface area contributed by atoms with Crippen molar-refractivity contribution in [2.24, 2.45) is 11.8 Å². The first-order chi connectivity index (χ1) is 10.3. The van der Waals surface area contributed by atoms with E-state index < -0.39 is 10.2 Å². The van der Waals surface area contributed by atoms with E-state index in [2.05, 4.69) is 4.90 Å². The van der Waals surface area contributed by atoms with Gasteiger partial charge in [-0.2, -0.15) is 17.0 Å². The third-order valence-electron chi connectivity index (χ3n) is 4.84. The minimum Gasteiger partial charge on any atom is -0.299 e. The molecule has 0 radical (unpaired) electrons. The van der Waals surface area contributed by atoms with Crippen LogP contribution in [0.25, 0.3) is 0 Å². The van der Waals surface area contributed by atoms with E-state index in [4.69, 9.17) is 0 Å². The van der Waals surface area contributed by atoms with Gasteiger partial charge in [-0.15, -0.1) is 0 Å². The number of hydrogen-bond acceptors (Lipinski definition) is 3. The zero-order valence-electron chi connectivity index (χ0n) is 13.1. The molecule has 0 spiro atoms. The lowest BCUT2D eigenvalue weighted by atomic mass is 9.89. The van der Waals surface area contributed by atoms with Gasteiger partial charge in [0.1, 0.15) is 5.82 Å². The molecule has 22 heavy (non-hydrogen) atoms. The van der Waals surface area contributed by atoms with Crippen LogP contribution in [0.3, 0.4) is 0 Å². The Morgan fingerprint density at radius 1 is 1.23 bits per heavy atom. The Kier molecular flexibility index (Phi) is 4.01. The van der Waals surface area contributed by atoms with Gasteiger partial charge in [0, 0.05) is 39.8 Å². The van der Waals surface area contributed by atoms with Gasteiger partial charge in [0.2, 0.25) is 0 Å². The summed E-state index contributed by atoms with van der Waals surface area (Å²) >= 11 is 0. The van der Waals surface area contributed by atoms with Crippen LogP contribution in [-0.2, 0) is 10.2 Å². The molecule has 0 N–H and O–H groups in total. The summed E-state index contributed by atoms with van der Waals surface area (Å²) in [6, 6.07) is 6.72. The van der Waals surface area contributed by atoms with Gasteiger partial charge < -0.3 is 0 Å². The standard InChI is InChI=1S/C15H22FN3O2S/c1-17(2)22(20,21)19-9-12-8-18(3)15(14(12)10-19)11-5-4-6-13(16)7-11/h4-7,12,14-15H,8-10H2,1-3H3/t12-,14+,15-/m0/s1. The number of likely N-dealkylation sites (tertiary alicyclic amines) is 1. The molecule has 2 fully saturated rings. The number of rotatable bonds is 3. The maximum Gasteiger partial charge on any atom is 0.281 e. The average molecular weight is 327 g/mol. The average Bonchev–Trinajstić information content (AvgIpc) is 2.95. The Labute approximate surface area is 131 Å². The Hall–Kier alpha value is -1.02. The lowest BCUT2D eigenvalue weighted by Gasteiger charge is -2.27. The second kappa shape index (κ2) is 5.56. The molecule has 2 heterocycles. The summed E-state index contributed by atoms with van der Waals surface area (Å²) in [4.78, 5) is 2.21. The molecule has 122 valence electrons. The minimum atomic E-state index is -3.38. The fraction of sp³-hybridized carbons (Fsp3) is 0.600. The first-order valence-electron chi connectivity index (χ1n) is 7.44. The van der Waals surface area contributed by atoms with E-state index in [0.717, 1.165) is 12.1 Å². The summed E-state index contributed by atoms with van der Waals surface area (Å²) in [7, 11) is 1.76. The Morgan fingerprint density at radius 3 is 2.59 bits per heavy atom. The van der Waals surface area contributed by atoms with E-state index in [1.807, 2.05) is 13.1 Å². The van der Waals surface area contributed by atoms with Crippen LogP contribution in [0, 0.1) is 17.7 Å². The monoisotopic (exact) mass is 327 g/mol. The highest BCUT2D eigenvalue weighted by molar-refractivity contribution is 7.86. The number of hydrogen-bond donors (Lipinski definition) is 0. The molecule has 2 aliphatic heterocycles. The summed E-state index contributed by atoms with van der Waals surface area (Å²) in [6.07, 6.45) is 0. The zero-order valence-corrected chi connectivity index (χ0v) is 13.9. The van der Waals surface area contributed by atoms with Crippen molar-refractivity contribution in [3.05, 3.63) is 35.6 Å². The second-order valence-electron chi connectivity index (χ2n) is 6.47. The van der Waals surface area contributed by atoms with E-state index in [1.165, 1.54) is 10.4 Å². The largest absolute Gasteiger partial charge is 0.299 e.